The van der Waals surface area contributed by atoms with E-state index in [1.165, 1.54) is 6.42 Å². The van der Waals surface area contributed by atoms with Gasteiger partial charge in [0.25, 0.3) is 11.8 Å². The molecule has 6 atom stereocenters. The summed E-state index contributed by atoms with van der Waals surface area (Å²) in [6.45, 7) is 0. The van der Waals surface area contributed by atoms with E-state index in [0.29, 0.717) is 16.9 Å². The molecule has 0 aromatic heterocycles. The summed E-state index contributed by atoms with van der Waals surface area (Å²) < 4.78 is 0. The smallest absolute Gasteiger partial charge is 0.254 e. The molecular weight excluding hydrogens is 312 g/mol. The van der Waals surface area contributed by atoms with Gasteiger partial charge >= 0.3 is 0 Å². The highest BCUT2D eigenvalue weighted by molar-refractivity contribution is 6.30. The van der Waals surface area contributed by atoms with Gasteiger partial charge in [0.2, 0.25) is 0 Å². The van der Waals surface area contributed by atoms with Crippen LogP contribution in [0.1, 0.15) is 12.0 Å². The van der Waals surface area contributed by atoms with Crippen molar-refractivity contribution in [1.82, 2.24) is 5.01 Å². The van der Waals surface area contributed by atoms with E-state index in [1.54, 1.807) is 18.3 Å². The van der Waals surface area contributed by atoms with E-state index < -0.39 is 0 Å². The molecule has 5 aliphatic rings. The van der Waals surface area contributed by atoms with Gasteiger partial charge in [0.15, 0.2) is 0 Å². The molecular formula is C18H15ClN2O2. The zero-order chi connectivity index (χ0) is 15.7. The minimum absolute atomic E-state index is 0.130. The van der Waals surface area contributed by atoms with E-state index in [9.17, 15) is 9.59 Å². The fraction of sp³-hybridized carbons (Fsp3) is 0.389. The number of nitrogens with zero attached hydrogens (tertiary/aromatic N) is 2. The van der Waals surface area contributed by atoms with Crippen molar-refractivity contribution >= 4 is 29.6 Å². The molecule has 0 N–H and O–H groups in total. The van der Waals surface area contributed by atoms with Gasteiger partial charge in [-0.25, -0.2) is 0 Å². The Bertz CT molecular complexity index is 734. The normalized spacial score (nSPS) is 40.0. The fourth-order valence-corrected chi connectivity index (χ4v) is 4.85. The molecule has 6 rings (SSSR count). The highest BCUT2D eigenvalue weighted by Gasteiger charge is 2.67. The topological polar surface area (TPSA) is 49.7 Å². The second-order valence-electron chi connectivity index (χ2n) is 6.94. The Kier molecular flexibility index (Phi) is 2.66. The summed E-state index contributed by atoms with van der Waals surface area (Å²) in [5.41, 5.74) is 0.814. The summed E-state index contributed by atoms with van der Waals surface area (Å²) >= 11 is 5.85. The molecule has 23 heavy (non-hydrogen) atoms. The molecule has 0 spiro atoms. The molecule has 1 heterocycles. The number of amides is 2. The highest BCUT2D eigenvalue weighted by atomic mass is 35.5. The molecule has 4 nitrogen and oxygen atoms in total. The average Bonchev–Trinajstić information content (AvgIpc) is 3.33. The number of carbonyl (C=O) groups excluding carboxylic acids is 2. The first-order chi connectivity index (χ1) is 11.1. The largest absolute Gasteiger partial charge is 0.272 e. The van der Waals surface area contributed by atoms with Gasteiger partial charge in [0.05, 0.1) is 18.1 Å². The van der Waals surface area contributed by atoms with Crippen molar-refractivity contribution in [2.45, 2.75) is 6.42 Å². The Labute approximate surface area is 138 Å². The molecule has 1 aliphatic heterocycles. The summed E-state index contributed by atoms with van der Waals surface area (Å²) in [6, 6.07) is 7.14. The van der Waals surface area contributed by atoms with E-state index in [4.69, 9.17) is 11.6 Å². The molecule has 3 fully saturated rings. The summed E-state index contributed by atoms with van der Waals surface area (Å²) in [7, 11) is 0. The summed E-state index contributed by atoms with van der Waals surface area (Å²) in [5, 5.41) is 5.93. The minimum atomic E-state index is -0.191. The van der Waals surface area contributed by atoms with Gasteiger partial charge in [-0.1, -0.05) is 35.9 Å². The van der Waals surface area contributed by atoms with Gasteiger partial charge in [0, 0.05) is 5.02 Å². The number of halogens is 1. The first-order valence-electron chi connectivity index (χ1n) is 8.01. The Morgan fingerprint density at radius 2 is 1.57 bits per heavy atom. The molecule has 2 amide bonds. The lowest BCUT2D eigenvalue weighted by Crippen LogP contribution is -2.40. The number of allylic oxidation sites excluding steroid dienone is 2. The second-order valence-corrected chi connectivity index (χ2v) is 7.38. The lowest BCUT2D eigenvalue weighted by Gasteiger charge is -2.37. The second kappa shape index (κ2) is 4.54. The van der Waals surface area contributed by atoms with Crippen molar-refractivity contribution in [1.29, 1.82) is 0 Å². The Hall–Kier alpha value is -1.94. The predicted octanol–water partition coefficient (Wildman–Crippen LogP) is 2.73. The van der Waals surface area contributed by atoms with E-state index in [2.05, 4.69) is 17.3 Å². The van der Waals surface area contributed by atoms with Crippen LogP contribution in [-0.4, -0.2) is 23.0 Å². The van der Waals surface area contributed by atoms with Crippen LogP contribution in [0.5, 0.6) is 0 Å². The van der Waals surface area contributed by atoms with Crippen molar-refractivity contribution in [3.63, 3.8) is 0 Å². The van der Waals surface area contributed by atoms with Crippen LogP contribution in [0.2, 0.25) is 5.02 Å². The van der Waals surface area contributed by atoms with Gasteiger partial charge < -0.3 is 0 Å². The fourth-order valence-electron chi connectivity index (χ4n) is 4.73. The molecule has 5 heteroatoms. The zero-order valence-corrected chi connectivity index (χ0v) is 13.1. The summed E-state index contributed by atoms with van der Waals surface area (Å²) in [5.74, 6) is 1.06. The van der Waals surface area contributed by atoms with Crippen molar-refractivity contribution in [3.8, 4) is 0 Å². The van der Waals surface area contributed by atoms with Crippen LogP contribution >= 0.6 is 11.6 Å². The predicted molar refractivity (Wildman–Crippen MR) is 85.6 cm³/mol. The van der Waals surface area contributed by atoms with Crippen LogP contribution in [0, 0.1) is 35.5 Å². The lowest BCUT2D eigenvalue weighted by molar-refractivity contribution is -0.140. The number of rotatable bonds is 2. The molecule has 116 valence electrons. The maximum absolute atomic E-state index is 12.7. The minimum Gasteiger partial charge on any atom is -0.272 e. The SMILES string of the molecule is O=C1[C@@H]2[C@@H]3C=C[C@H]([C@H]4C[C@H]34)[C@@H]2C(=O)N1/N=C\c1ccc(Cl)cc1. The average molecular weight is 327 g/mol. The standard InChI is InChI=1S/C18H15ClN2O2/c19-10-3-1-9(2-4-10)8-20-21-17(22)15-11-5-6-12(14-7-13(11)14)16(15)18(21)23/h1-6,8,11-16H,7H2/b20-8-/t11-,12-,13-,14-,15-,16+/m1/s1. The lowest BCUT2D eigenvalue weighted by atomic mass is 9.63. The van der Waals surface area contributed by atoms with Crippen molar-refractivity contribution in [2.75, 3.05) is 0 Å². The molecule has 1 saturated heterocycles. The number of benzene rings is 1. The number of hydrogen-bond acceptors (Lipinski definition) is 3. The molecule has 1 aromatic rings. The maximum atomic E-state index is 12.7. The van der Waals surface area contributed by atoms with E-state index in [0.717, 1.165) is 10.6 Å². The number of imide groups is 1. The molecule has 1 aromatic carbocycles. The third-order valence-electron chi connectivity index (χ3n) is 5.83. The van der Waals surface area contributed by atoms with Crippen LogP contribution in [0.3, 0.4) is 0 Å². The van der Waals surface area contributed by atoms with Gasteiger partial charge in [-0.05, 0) is 47.8 Å². The van der Waals surface area contributed by atoms with E-state index in [-0.39, 0.29) is 35.5 Å². The Morgan fingerprint density at radius 3 is 2.13 bits per heavy atom. The number of hydrogen-bond donors (Lipinski definition) is 0. The van der Waals surface area contributed by atoms with Crippen LogP contribution in [0.15, 0.2) is 41.5 Å². The van der Waals surface area contributed by atoms with Crippen molar-refractivity contribution in [2.24, 2.45) is 40.6 Å². The molecule has 4 aliphatic carbocycles. The van der Waals surface area contributed by atoms with Crippen molar-refractivity contribution < 1.29 is 9.59 Å². The van der Waals surface area contributed by atoms with Crippen LogP contribution in [0.4, 0.5) is 0 Å². The zero-order valence-electron chi connectivity index (χ0n) is 12.3. The number of carbonyl (C=O) groups is 2. The van der Waals surface area contributed by atoms with E-state index in [1.807, 2.05) is 12.1 Å². The van der Waals surface area contributed by atoms with Gasteiger partial charge in [-0.3, -0.25) is 9.59 Å². The molecule has 0 radical (unpaired) electrons. The Morgan fingerprint density at radius 1 is 1.00 bits per heavy atom. The van der Waals surface area contributed by atoms with E-state index >= 15 is 0 Å². The molecule has 0 unspecified atom stereocenters. The first-order valence-corrected chi connectivity index (χ1v) is 8.38. The number of hydrazone groups is 1. The van der Waals surface area contributed by atoms with Crippen molar-refractivity contribution in [3.05, 3.63) is 47.0 Å². The molecule has 2 saturated carbocycles. The monoisotopic (exact) mass is 326 g/mol. The third kappa shape index (κ3) is 1.81. The highest BCUT2D eigenvalue weighted by Crippen LogP contribution is 2.65. The van der Waals surface area contributed by atoms with Crippen LogP contribution in [0.25, 0.3) is 0 Å². The van der Waals surface area contributed by atoms with Crippen LogP contribution in [-0.2, 0) is 9.59 Å². The van der Waals surface area contributed by atoms with Gasteiger partial charge in [-0.15, -0.1) is 0 Å². The van der Waals surface area contributed by atoms with Gasteiger partial charge in [0.1, 0.15) is 0 Å². The summed E-state index contributed by atoms with van der Waals surface area (Å²) in [4.78, 5) is 25.4. The summed E-state index contributed by atoms with van der Waals surface area (Å²) in [6.07, 6.45) is 7.05. The molecule has 2 bridgehead atoms. The van der Waals surface area contributed by atoms with Gasteiger partial charge in [-0.2, -0.15) is 10.1 Å². The first kappa shape index (κ1) is 13.5. The quantitative estimate of drug-likeness (QED) is 0.476. The Balaban J connectivity index is 1.44. The third-order valence-corrected chi connectivity index (χ3v) is 6.08. The van der Waals surface area contributed by atoms with Crippen LogP contribution < -0.4 is 0 Å². The maximum Gasteiger partial charge on any atom is 0.254 e.